The van der Waals surface area contributed by atoms with Crippen LogP contribution < -0.4 is 0 Å². The number of nitrogens with zero attached hydrogens (tertiary/aromatic N) is 2. The van der Waals surface area contributed by atoms with E-state index in [-0.39, 0.29) is 5.91 Å². The number of hydrogen-bond donors (Lipinski definition) is 0. The summed E-state index contributed by atoms with van der Waals surface area (Å²) < 4.78 is 4.91. The van der Waals surface area contributed by atoms with Gasteiger partial charge in [0.25, 0.3) is 0 Å². The first-order chi connectivity index (χ1) is 11.6. The van der Waals surface area contributed by atoms with Gasteiger partial charge in [-0.2, -0.15) is 0 Å². The van der Waals surface area contributed by atoms with Crippen molar-refractivity contribution in [3.05, 3.63) is 53.2 Å². The van der Waals surface area contributed by atoms with Crippen LogP contribution in [0.3, 0.4) is 0 Å². The number of carbonyl (C=O) groups is 2. The highest BCUT2D eigenvalue weighted by molar-refractivity contribution is 8.14. The highest BCUT2D eigenvalue weighted by atomic mass is 32.2. The van der Waals surface area contributed by atoms with Gasteiger partial charge >= 0.3 is 5.97 Å². The maximum atomic E-state index is 12.4. The van der Waals surface area contributed by atoms with Gasteiger partial charge < -0.3 is 4.74 Å². The third-order valence-electron chi connectivity index (χ3n) is 3.92. The first kappa shape index (κ1) is 16.5. The second-order valence-corrected chi connectivity index (χ2v) is 6.52. The molecule has 0 saturated carbocycles. The Morgan fingerprint density at radius 2 is 2.12 bits per heavy atom. The Morgan fingerprint density at radius 1 is 1.38 bits per heavy atom. The third-order valence-corrected chi connectivity index (χ3v) is 4.88. The summed E-state index contributed by atoms with van der Waals surface area (Å²) in [4.78, 5) is 30.7. The molecule has 0 radical (unpaired) electrons. The number of hydrogen-bond acceptors (Lipinski definition) is 5. The van der Waals surface area contributed by atoms with Crippen molar-refractivity contribution in [2.24, 2.45) is 4.99 Å². The fourth-order valence-corrected chi connectivity index (χ4v) is 3.78. The number of carbonyl (C=O) groups excluding carboxylic acids is 2. The van der Waals surface area contributed by atoms with Crippen LogP contribution in [0, 0.1) is 0 Å². The Kier molecular flexibility index (Phi) is 4.85. The molecule has 0 spiro atoms. The Labute approximate surface area is 145 Å². The number of benzene rings is 1. The summed E-state index contributed by atoms with van der Waals surface area (Å²) in [6.07, 6.45) is 4.22. The standard InChI is InChI=1S/C18H18N2O3S/c1-12-16(17(22)23-2)14(9-8-13-6-4-3-5-7-13)20-15(21)10-11-24-18(20)19-12/h3-9,14H,10-11H2,1-2H3/b9-8+/t14-/m0/s1. The van der Waals surface area contributed by atoms with Gasteiger partial charge in [0, 0.05) is 12.2 Å². The molecule has 2 aliphatic rings. The zero-order valence-corrected chi connectivity index (χ0v) is 14.4. The van der Waals surface area contributed by atoms with E-state index in [0.717, 1.165) is 5.56 Å². The minimum absolute atomic E-state index is 0.0240. The molecule has 1 atom stereocenters. The number of ether oxygens (including phenoxy) is 1. The molecule has 24 heavy (non-hydrogen) atoms. The zero-order chi connectivity index (χ0) is 17.1. The van der Waals surface area contributed by atoms with Gasteiger partial charge in [-0.05, 0) is 12.5 Å². The average molecular weight is 342 g/mol. The number of thioether (sulfide) groups is 1. The van der Waals surface area contributed by atoms with Crippen LogP contribution >= 0.6 is 11.8 Å². The quantitative estimate of drug-likeness (QED) is 0.793. The molecule has 1 amide bonds. The minimum atomic E-state index is -0.495. The molecule has 1 fully saturated rings. The van der Waals surface area contributed by atoms with Crippen LogP contribution in [0.4, 0.5) is 0 Å². The third kappa shape index (κ3) is 3.14. The number of fused-ring (bicyclic) bond motifs is 1. The number of methoxy groups -OCH3 is 1. The van der Waals surface area contributed by atoms with E-state index in [2.05, 4.69) is 4.99 Å². The summed E-state index contributed by atoms with van der Waals surface area (Å²) >= 11 is 1.54. The maximum absolute atomic E-state index is 12.4. The molecule has 0 unspecified atom stereocenters. The molecule has 6 heteroatoms. The number of rotatable bonds is 3. The average Bonchev–Trinajstić information content (AvgIpc) is 2.59. The molecule has 1 aromatic rings. The van der Waals surface area contributed by atoms with Gasteiger partial charge in [0.15, 0.2) is 5.17 Å². The molecule has 0 aromatic heterocycles. The fourth-order valence-electron chi connectivity index (χ4n) is 2.76. The van der Waals surface area contributed by atoms with Gasteiger partial charge in [0.1, 0.15) is 0 Å². The molecule has 124 valence electrons. The minimum Gasteiger partial charge on any atom is -0.466 e. The normalized spacial score (nSPS) is 20.9. The van der Waals surface area contributed by atoms with Crippen molar-refractivity contribution in [3.8, 4) is 0 Å². The number of esters is 1. The highest BCUT2D eigenvalue weighted by Crippen LogP contribution is 2.32. The van der Waals surface area contributed by atoms with E-state index in [9.17, 15) is 9.59 Å². The van der Waals surface area contributed by atoms with E-state index in [0.29, 0.717) is 28.6 Å². The summed E-state index contributed by atoms with van der Waals surface area (Å²) in [5, 5.41) is 0.652. The molecule has 5 nitrogen and oxygen atoms in total. The van der Waals surface area contributed by atoms with Crippen molar-refractivity contribution < 1.29 is 14.3 Å². The van der Waals surface area contributed by atoms with E-state index < -0.39 is 12.0 Å². The summed E-state index contributed by atoms with van der Waals surface area (Å²) in [6, 6.07) is 9.27. The van der Waals surface area contributed by atoms with E-state index >= 15 is 0 Å². The zero-order valence-electron chi connectivity index (χ0n) is 13.6. The monoisotopic (exact) mass is 342 g/mol. The van der Waals surface area contributed by atoms with Crippen LogP contribution in [0.5, 0.6) is 0 Å². The van der Waals surface area contributed by atoms with Crippen LogP contribution in [-0.4, -0.2) is 40.8 Å². The molecule has 2 heterocycles. The van der Waals surface area contributed by atoms with Crippen LogP contribution in [0.25, 0.3) is 6.08 Å². The molecule has 1 saturated heterocycles. The summed E-state index contributed by atoms with van der Waals surface area (Å²) in [5.74, 6) is 0.231. The summed E-state index contributed by atoms with van der Waals surface area (Å²) in [7, 11) is 1.34. The maximum Gasteiger partial charge on any atom is 0.338 e. The van der Waals surface area contributed by atoms with Gasteiger partial charge in [-0.1, -0.05) is 54.2 Å². The van der Waals surface area contributed by atoms with Crippen LogP contribution in [0.1, 0.15) is 18.9 Å². The fraction of sp³-hybridized carbons (Fsp3) is 0.278. The van der Waals surface area contributed by atoms with Crippen molar-refractivity contribution in [1.29, 1.82) is 0 Å². The van der Waals surface area contributed by atoms with Crippen molar-refractivity contribution >= 4 is 34.9 Å². The van der Waals surface area contributed by atoms with Crippen molar-refractivity contribution in [2.45, 2.75) is 19.4 Å². The van der Waals surface area contributed by atoms with Gasteiger partial charge in [0.2, 0.25) is 5.91 Å². The Bertz CT molecular complexity index is 753. The summed E-state index contributed by atoms with van der Waals surface area (Å²) in [6.45, 7) is 1.78. The predicted molar refractivity (Wildman–Crippen MR) is 95.3 cm³/mol. The number of allylic oxidation sites excluding steroid dienone is 1. The van der Waals surface area contributed by atoms with Gasteiger partial charge in [-0.15, -0.1) is 0 Å². The van der Waals surface area contributed by atoms with Crippen LogP contribution in [0.15, 0.2) is 52.7 Å². The molecular formula is C18H18N2O3S. The molecular weight excluding hydrogens is 324 g/mol. The lowest BCUT2D eigenvalue weighted by Gasteiger charge is -2.37. The molecule has 1 aromatic carbocycles. The largest absolute Gasteiger partial charge is 0.466 e. The topological polar surface area (TPSA) is 59.0 Å². The lowest BCUT2D eigenvalue weighted by Crippen LogP contribution is -2.49. The second kappa shape index (κ2) is 7.05. The van der Waals surface area contributed by atoms with E-state index in [1.54, 1.807) is 11.8 Å². The van der Waals surface area contributed by atoms with Crippen molar-refractivity contribution in [3.63, 3.8) is 0 Å². The van der Waals surface area contributed by atoms with Crippen LogP contribution in [0.2, 0.25) is 0 Å². The number of aliphatic imine (C=N–C) groups is 1. The smallest absolute Gasteiger partial charge is 0.338 e. The molecule has 0 N–H and O–H groups in total. The molecule has 0 bridgehead atoms. The predicted octanol–water partition coefficient (Wildman–Crippen LogP) is 2.85. The SMILES string of the molecule is COC(=O)C1=C(C)N=C2SCCC(=O)N2[C@H]1/C=C/c1ccccc1. The number of amides is 1. The van der Waals surface area contributed by atoms with Crippen molar-refractivity contribution in [2.75, 3.05) is 12.9 Å². The first-order valence-corrected chi connectivity index (χ1v) is 8.66. The van der Waals surface area contributed by atoms with E-state index in [1.807, 2.05) is 42.5 Å². The van der Waals surface area contributed by atoms with Gasteiger partial charge in [-0.3, -0.25) is 9.69 Å². The Hall–Kier alpha value is -2.34. The molecule has 0 aliphatic carbocycles. The van der Waals surface area contributed by atoms with Crippen molar-refractivity contribution in [1.82, 2.24) is 4.90 Å². The lowest BCUT2D eigenvalue weighted by atomic mass is 10.00. The second-order valence-electron chi connectivity index (χ2n) is 5.46. The van der Waals surface area contributed by atoms with Gasteiger partial charge in [0.05, 0.1) is 24.4 Å². The highest BCUT2D eigenvalue weighted by Gasteiger charge is 2.39. The molecule has 3 rings (SSSR count). The first-order valence-electron chi connectivity index (χ1n) is 7.67. The van der Waals surface area contributed by atoms with Crippen LogP contribution in [-0.2, 0) is 14.3 Å². The van der Waals surface area contributed by atoms with E-state index in [4.69, 9.17) is 4.74 Å². The Balaban J connectivity index is 2.03. The summed E-state index contributed by atoms with van der Waals surface area (Å²) in [5.41, 5.74) is 2.00. The van der Waals surface area contributed by atoms with E-state index in [1.165, 1.54) is 18.9 Å². The lowest BCUT2D eigenvalue weighted by molar-refractivity contribution is -0.137. The number of amidine groups is 1. The van der Waals surface area contributed by atoms with Gasteiger partial charge in [-0.25, -0.2) is 9.79 Å². The Morgan fingerprint density at radius 3 is 2.83 bits per heavy atom. The molecule has 2 aliphatic heterocycles.